The molecule has 1 aliphatic heterocycles. The summed E-state index contributed by atoms with van der Waals surface area (Å²) in [5.74, 6) is -0.789. The van der Waals surface area contributed by atoms with Crippen molar-refractivity contribution >= 4 is 41.0 Å². The Hall–Kier alpha value is -1.99. The second-order valence-electron chi connectivity index (χ2n) is 5.75. The van der Waals surface area contributed by atoms with Crippen LogP contribution in [-0.4, -0.2) is 34.6 Å². The van der Waals surface area contributed by atoms with Gasteiger partial charge < -0.3 is 9.63 Å². The maximum Gasteiger partial charge on any atom is 0.435 e. The fourth-order valence-electron chi connectivity index (χ4n) is 2.62. The third-order valence-corrected chi connectivity index (χ3v) is 6.46. The van der Waals surface area contributed by atoms with Gasteiger partial charge in [0.25, 0.3) is 0 Å². The van der Waals surface area contributed by atoms with E-state index >= 15 is 0 Å². The number of amides is 1. The lowest BCUT2D eigenvalue weighted by Crippen LogP contribution is -2.22. The first-order valence-electron chi connectivity index (χ1n) is 7.99. The molecule has 0 bridgehead atoms. The van der Waals surface area contributed by atoms with E-state index in [2.05, 4.69) is 6.58 Å². The molecule has 0 radical (unpaired) electrons. The molecule has 7 nitrogen and oxygen atoms in total. The number of hydrogen-bond acceptors (Lipinski definition) is 6. The van der Waals surface area contributed by atoms with Crippen LogP contribution in [0, 0.1) is 0 Å². The third-order valence-electron chi connectivity index (χ3n) is 3.87. The molecule has 2 aromatic rings. The fraction of sp³-hybridized carbons (Fsp3) is 0.294. The van der Waals surface area contributed by atoms with Crippen LogP contribution < -0.4 is 0 Å². The normalized spacial score (nSPS) is 16.7. The van der Waals surface area contributed by atoms with E-state index in [1.54, 1.807) is 18.2 Å². The summed E-state index contributed by atoms with van der Waals surface area (Å²) in [7, 11) is -4.14. The summed E-state index contributed by atoms with van der Waals surface area (Å²) >= 11 is 1.30. The third kappa shape index (κ3) is 4.04. The summed E-state index contributed by atoms with van der Waals surface area (Å²) in [5, 5.41) is 0.812. The molecule has 2 heterocycles. The van der Waals surface area contributed by atoms with E-state index in [1.807, 2.05) is 6.07 Å². The number of esters is 1. The number of fused-ring (bicyclic) bond motifs is 1. The number of hydrogen-bond donors (Lipinski definition) is 1. The molecule has 1 amide bonds. The average Bonchev–Trinajstić information content (AvgIpc) is 3.23. The lowest BCUT2D eigenvalue weighted by Gasteiger charge is -2.21. The van der Waals surface area contributed by atoms with E-state index in [-0.39, 0.29) is 32.1 Å². The summed E-state index contributed by atoms with van der Waals surface area (Å²) in [6.45, 7) is 3.76. The van der Waals surface area contributed by atoms with Crippen LogP contribution in [-0.2, 0) is 25.2 Å². The minimum atomic E-state index is -4.14. The molecular formula is C17H18NO6PS. The van der Waals surface area contributed by atoms with Crippen molar-refractivity contribution in [1.29, 1.82) is 0 Å². The number of carbonyl (C=O) groups excluding carboxylic acids is 2. The Morgan fingerprint density at radius 3 is 2.92 bits per heavy atom. The van der Waals surface area contributed by atoms with E-state index in [1.165, 1.54) is 17.4 Å². The molecule has 138 valence electrons. The van der Waals surface area contributed by atoms with Gasteiger partial charge in [0.2, 0.25) is 5.91 Å². The second kappa shape index (κ2) is 7.72. The lowest BCUT2D eigenvalue weighted by molar-refractivity contribution is -0.124. The van der Waals surface area contributed by atoms with Crippen LogP contribution in [0.25, 0.3) is 10.1 Å². The molecule has 0 spiro atoms. The predicted octanol–water partition coefficient (Wildman–Crippen LogP) is 3.48. The predicted molar refractivity (Wildman–Crippen MR) is 97.9 cm³/mol. The zero-order chi connectivity index (χ0) is 18.7. The number of thiophene rings is 1. The monoisotopic (exact) mass is 395 g/mol. The molecule has 1 unspecified atom stereocenters. The molecule has 0 saturated carbocycles. The molecule has 1 atom stereocenters. The Bertz CT molecular complexity index is 908. The number of ether oxygens (including phenoxy) is 1. The van der Waals surface area contributed by atoms with Crippen molar-refractivity contribution in [2.24, 2.45) is 0 Å². The summed E-state index contributed by atoms with van der Waals surface area (Å²) in [6, 6.07) is 7.05. The van der Waals surface area contributed by atoms with Crippen LogP contribution in [0.3, 0.4) is 0 Å². The average molecular weight is 395 g/mol. The summed E-state index contributed by atoms with van der Waals surface area (Å²) in [4.78, 5) is 34.0. The minimum Gasteiger partial charge on any atom is -0.457 e. The van der Waals surface area contributed by atoms with Gasteiger partial charge in [-0.05, 0) is 35.6 Å². The van der Waals surface area contributed by atoms with Crippen molar-refractivity contribution in [3.8, 4) is 0 Å². The van der Waals surface area contributed by atoms with Crippen molar-refractivity contribution in [2.75, 3.05) is 13.2 Å². The first-order valence-corrected chi connectivity index (χ1v) is 10.3. The van der Waals surface area contributed by atoms with Crippen LogP contribution in [0.15, 0.2) is 36.9 Å². The maximum atomic E-state index is 12.2. The highest BCUT2D eigenvalue weighted by atomic mass is 32.1. The molecule has 26 heavy (non-hydrogen) atoms. The van der Waals surface area contributed by atoms with Gasteiger partial charge in [0.1, 0.15) is 11.5 Å². The Balaban J connectivity index is 1.71. The van der Waals surface area contributed by atoms with Crippen LogP contribution in [0.2, 0.25) is 0 Å². The van der Waals surface area contributed by atoms with Gasteiger partial charge >= 0.3 is 13.7 Å². The van der Waals surface area contributed by atoms with Gasteiger partial charge in [-0.3, -0.25) is 9.32 Å². The van der Waals surface area contributed by atoms with E-state index in [9.17, 15) is 19.0 Å². The van der Waals surface area contributed by atoms with Gasteiger partial charge in [0, 0.05) is 17.7 Å². The van der Waals surface area contributed by atoms with Crippen molar-refractivity contribution < 1.29 is 28.3 Å². The molecule has 1 fully saturated rings. The quantitative estimate of drug-likeness (QED) is 0.438. The summed E-state index contributed by atoms with van der Waals surface area (Å²) in [5.41, 5.74) is 0.669. The highest BCUT2D eigenvalue weighted by molar-refractivity contribution is 7.51. The molecule has 1 aromatic carbocycles. The van der Waals surface area contributed by atoms with Crippen LogP contribution in [0.5, 0.6) is 0 Å². The number of carbonyl (C=O) groups is 2. The van der Waals surface area contributed by atoms with Gasteiger partial charge in [-0.15, -0.1) is 11.3 Å². The largest absolute Gasteiger partial charge is 0.457 e. The smallest absolute Gasteiger partial charge is 0.435 e. The highest BCUT2D eigenvalue weighted by Crippen LogP contribution is 2.49. The summed E-state index contributed by atoms with van der Waals surface area (Å²) in [6.07, 6.45) is 2.32. The number of nitrogens with zero attached hydrogens (tertiary/aromatic N) is 1. The van der Waals surface area contributed by atoms with Crippen LogP contribution in [0.1, 0.15) is 28.1 Å². The van der Waals surface area contributed by atoms with Gasteiger partial charge in [-0.1, -0.05) is 18.7 Å². The van der Waals surface area contributed by atoms with Crippen molar-refractivity contribution in [2.45, 2.75) is 19.4 Å². The van der Waals surface area contributed by atoms with E-state index in [0.29, 0.717) is 16.9 Å². The molecule has 1 aromatic heterocycles. The second-order valence-corrected chi connectivity index (χ2v) is 8.56. The van der Waals surface area contributed by atoms with Gasteiger partial charge in [0.05, 0.1) is 6.61 Å². The molecule has 0 aliphatic carbocycles. The standard InChI is InChI=1S/C17H18NO6PS/c1-2-8-23-17(20)15-10-13-9-12(5-6-14(13)26-15)11-24-25(21,22)18-7-3-4-16(18)19/h2,5-6,9-10H,1,3-4,7-8,11H2,(H,21,22). The SMILES string of the molecule is C=CCOC(=O)c1cc2cc(COP(=O)(O)N3CCCC3=O)ccc2s1. The van der Waals surface area contributed by atoms with Gasteiger partial charge in [0.15, 0.2) is 0 Å². The van der Waals surface area contributed by atoms with Gasteiger partial charge in [-0.25, -0.2) is 14.0 Å². The maximum absolute atomic E-state index is 12.2. The summed E-state index contributed by atoms with van der Waals surface area (Å²) < 4.78 is 24.2. The molecule has 9 heteroatoms. The molecule has 1 saturated heterocycles. The molecular weight excluding hydrogens is 377 g/mol. The first kappa shape index (κ1) is 18.8. The van der Waals surface area contributed by atoms with Gasteiger partial charge in [-0.2, -0.15) is 0 Å². The van der Waals surface area contributed by atoms with E-state index < -0.39 is 13.7 Å². The lowest BCUT2D eigenvalue weighted by atomic mass is 10.2. The molecule has 1 aliphatic rings. The van der Waals surface area contributed by atoms with Crippen LogP contribution >= 0.6 is 19.1 Å². The number of benzene rings is 1. The van der Waals surface area contributed by atoms with E-state index in [4.69, 9.17) is 9.26 Å². The zero-order valence-electron chi connectivity index (χ0n) is 13.9. The Kier molecular flexibility index (Phi) is 5.58. The van der Waals surface area contributed by atoms with E-state index in [0.717, 1.165) is 14.8 Å². The van der Waals surface area contributed by atoms with Crippen LogP contribution in [0.4, 0.5) is 0 Å². The highest BCUT2D eigenvalue weighted by Gasteiger charge is 2.37. The fourth-order valence-corrected chi connectivity index (χ4v) is 4.79. The topological polar surface area (TPSA) is 93.1 Å². The molecule has 1 N–H and O–H groups in total. The Morgan fingerprint density at radius 2 is 2.23 bits per heavy atom. The van der Waals surface area contributed by atoms with Crippen molar-refractivity contribution in [1.82, 2.24) is 4.67 Å². The Labute approximate surface area is 154 Å². The minimum absolute atomic E-state index is 0.112. The number of rotatable bonds is 7. The zero-order valence-corrected chi connectivity index (χ0v) is 15.6. The van der Waals surface area contributed by atoms with Crippen molar-refractivity contribution in [3.63, 3.8) is 0 Å². The molecule has 3 rings (SSSR count). The first-order chi connectivity index (χ1) is 12.4. The Morgan fingerprint density at radius 1 is 1.42 bits per heavy atom. The van der Waals surface area contributed by atoms with Crippen molar-refractivity contribution in [3.05, 3.63) is 47.4 Å².